The lowest BCUT2D eigenvalue weighted by Crippen LogP contribution is -2.19. The van der Waals surface area contributed by atoms with E-state index >= 15 is 0 Å². The summed E-state index contributed by atoms with van der Waals surface area (Å²) in [6.45, 7) is 3.61. The third-order valence-corrected chi connectivity index (χ3v) is 4.41. The van der Waals surface area contributed by atoms with Crippen LogP contribution >= 0.6 is 7.60 Å². The van der Waals surface area contributed by atoms with Crippen molar-refractivity contribution in [1.29, 1.82) is 0 Å². The highest BCUT2D eigenvalue weighted by molar-refractivity contribution is 7.54. The number of rotatable bonds is 8. The predicted molar refractivity (Wildman–Crippen MR) is 82.4 cm³/mol. The molecule has 1 aromatic carbocycles. The zero-order valence-electron chi connectivity index (χ0n) is 12.4. The number of nitrogens with one attached hydrogen (secondary N) is 2. The molecule has 3 N–H and O–H groups in total. The van der Waals surface area contributed by atoms with Gasteiger partial charge in [-0.1, -0.05) is 12.1 Å². The molecule has 2 amide bonds. The van der Waals surface area contributed by atoms with Crippen molar-refractivity contribution >= 4 is 31.0 Å². The highest BCUT2D eigenvalue weighted by atomic mass is 31.2. The lowest BCUT2D eigenvalue weighted by molar-refractivity contribution is -0.114. The normalized spacial score (nSPS) is 11.0. The number of hydrogen-bond donors (Lipinski definition) is 3. The Bertz CT molecular complexity index is 567. The molecule has 0 fully saturated rings. The number of hydrogen-bond acceptors (Lipinski definition) is 5. The number of para-hydroxylation sites is 2. The average Bonchev–Trinajstić information content (AvgIpc) is 2.40. The largest absolute Gasteiger partial charge is 0.465 e. The minimum absolute atomic E-state index is 0.154. The van der Waals surface area contributed by atoms with Gasteiger partial charge in [-0.05, 0) is 26.0 Å². The van der Waals surface area contributed by atoms with E-state index in [1.807, 2.05) is 0 Å². The number of benzene rings is 1. The van der Waals surface area contributed by atoms with Crippen LogP contribution in [0.4, 0.5) is 16.2 Å². The molecule has 0 spiro atoms. The first-order valence-corrected chi connectivity index (χ1v) is 8.40. The number of carbonyl (C=O) groups is 2. The molecule has 0 aliphatic carbocycles. The minimum Gasteiger partial charge on any atom is -0.465 e. The van der Waals surface area contributed by atoms with Gasteiger partial charge in [-0.25, -0.2) is 4.79 Å². The molecule has 122 valence electrons. The molecule has 22 heavy (non-hydrogen) atoms. The molecule has 9 heteroatoms. The molecular weight excluding hydrogens is 311 g/mol. The summed E-state index contributed by atoms with van der Waals surface area (Å²) < 4.78 is 22.3. The van der Waals surface area contributed by atoms with Gasteiger partial charge in [-0.2, -0.15) is 0 Å². The molecule has 1 aromatic rings. The van der Waals surface area contributed by atoms with E-state index in [9.17, 15) is 14.2 Å². The lowest BCUT2D eigenvalue weighted by atomic mass is 10.2. The Morgan fingerprint density at radius 2 is 1.59 bits per heavy atom. The van der Waals surface area contributed by atoms with Gasteiger partial charge in [0.05, 0.1) is 24.6 Å². The second kappa shape index (κ2) is 8.53. The maximum absolute atomic E-state index is 12.3. The standard InChI is InChI=1S/C13H19N2O6P/c1-3-20-22(19,21-4-2)9-12(16)14-10-7-5-6-8-11(10)15-13(17)18/h5-8,15H,3-4,9H2,1-2H3,(H,14,16)(H,17,18). The van der Waals surface area contributed by atoms with Crippen molar-refractivity contribution in [2.45, 2.75) is 13.8 Å². The van der Waals surface area contributed by atoms with Gasteiger partial charge in [-0.15, -0.1) is 0 Å². The Balaban J connectivity index is 2.80. The first kappa shape index (κ1) is 18.2. The van der Waals surface area contributed by atoms with E-state index in [4.69, 9.17) is 14.2 Å². The van der Waals surface area contributed by atoms with Crippen LogP contribution in [0.5, 0.6) is 0 Å². The third-order valence-electron chi connectivity index (χ3n) is 2.43. The Kier molecular flexibility index (Phi) is 7.04. The molecule has 0 atom stereocenters. The van der Waals surface area contributed by atoms with Crippen LogP contribution in [0.25, 0.3) is 0 Å². The first-order chi connectivity index (χ1) is 10.4. The highest BCUT2D eigenvalue weighted by Crippen LogP contribution is 2.47. The monoisotopic (exact) mass is 330 g/mol. The van der Waals surface area contributed by atoms with Crippen LogP contribution in [-0.4, -0.2) is 36.5 Å². The van der Waals surface area contributed by atoms with Gasteiger partial charge in [0.15, 0.2) is 0 Å². The summed E-state index contributed by atoms with van der Waals surface area (Å²) >= 11 is 0. The molecule has 0 heterocycles. The summed E-state index contributed by atoms with van der Waals surface area (Å²) in [6.07, 6.45) is -1.70. The fourth-order valence-electron chi connectivity index (χ4n) is 1.70. The summed E-state index contributed by atoms with van der Waals surface area (Å²) in [5.41, 5.74) is 0.473. The Morgan fingerprint density at radius 1 is 1.09 bits per heavy atom. The number of carboxylic acid groups (broad SMARTS) is 1. The summed E-state index contributed by atoms with van der Waals surface area (Å²) in [7, 11) is -3.50. The molecule has 0 aliphatic heterocycles. The molecule has 0 aliphatic rings. The number of amides is 2. The molecule has 1 rings (SSSR count). The van der Waals surface area contributed by atoms with Crippen molar-refractivity contribution in [2.75, 3.05) is 30.0 Å². The van der Waals surface area contributed by atoms with E-state index < -0.39 is 25.8 Å². The van der Waals surface area contributed by atoms with Crippen LogP contribution in [0.15, 0.2) is 24.3 Å². The van der Waals surface area contributed by atoms with Crippen molar-refractivity contribution in [3.8, 4) is 0 Å². The Hall–Kier alpha value is -1.89. The quantitative estimate of drug-likeness (QED) is 0.631. The van der Waals surface area contributed by atoms with E-state index in [0.29, 0.717) is 0 Å². The van der Waals surface area contributed by atoms with Crippen molar-refractivity contribution < 1.29 is 28.3 Å². The number of carbonyl (C=O) groups excluding carboxylic acids is 1. The van der Waals surface area contributed by atoms with Crippen LogP contribution in [0, 0.1) is 0 Å². The van der Waals surface area contributed by atoms with Gasteiger partial charge in [0.25, 0.3) is 0 Å². The van der Waals surface area contributed by atoms with Crippen molar-refractivity contribution in [1.82, 2.24) is 0 Å². The molecule has 0 bridgehead atoms. The van der Waals surface area contributed by atoms with Gasteiger partial charge in [0, 0.05) is 0 Å². The zero-order chi connectivity index (χ0) is 16.6. The smallest absolute Gasteiger partial charge is 0.409 e. The second-order valence-electron chi connectivity index (χ2n) is 4.13. The number of anilines is 2. The maximum atomic E-state index is 12.3. The van der Waals surface area contributed by atoms with Crippen molar-refractivity contribution in [3.63, 3.8) is 0 Å². The molecule has 8 nitrogen and oxygen atoms in total. The maximum Gasteiger partial charge on any atom is 0.409 e. The van der Waals surface area contributed by atoms with Gasteiger partial charge < -0.3 is 19.5 Å². The second-order valence-corrected chi connectivity index (χ2v) is 6.18. The predicted octanol–water partition coefficient (Wildman–Crippen LogP) is 2.98. The van der Waals surface area contributed by atoms with Crippen LogP contribution in [0.1, 0.15) is 13.8 Å². The van der Waals surface area contributed by atoms with E-state index in [1.165, 1.54) is 12.1 Å². The van der Waals surface area contributed by atoms with Crippen molar-refractivity contribution in [3.05, 3.63) is 24.3 Å². The highest BCUT2D eigenvalue weighted by Gasteiger charge is 2.27. The van der Waals surface area contributed by atoms with Gasteiger partial charge >= 0.3 is 13.7 Å². The van der Waals surface area contributed by atoms with Gasteiger partial charge in [-0.3, -0.25) is 14.7 Å². The topological polar surface area (TPSA) is 114 Å². The molecule has 0 saturated heterocycles. The van der Waals surface area contributed by atoms with E-state index in [1.54, 1.807) is 26.0 Å². The zero-order valence-corrected chi connectivity index (χ0v) is 13.3. The minimum atomic E-state index is -3.50. The van der Waals surface area contributed by atoms with E-state index in [2.05, 4.69) is 10.6 Å². The SMILES string of the molecule is CCOP(=O)(CC(=O)Nc1ccccc1NC(=O)O)OCC. The lowest BCUT2D eigenvalue weighted by Gasteiger charge is -2.17. The summed E-state index contributed by atoms with van der Waals surface area (Å²) in [6, 6.07) is 6.27. The van der Waals surface area contributed by atoms with E-state index in [0.717, 1.165) is 0 Å². The van der Waals surface area contributed by atoms with E-state index in [-0.39, 0.29) is 24.6 Å². The molecule has 0 radical (unpaired) electrons. The Labute approximate surface area is 128 Å². The summed E-state index contributed by atoms with van der Waals surface area (Å²) in [5, 5.41) is 13.4. The van der Waals surface area contributed by atoms with Crippen LogP contribution in [0.2, 0.25) is 0 Å². The fourth-order valence-corrected chi connectivity index (χ4v) is 3.18. The fraction of sp³-hybridized carbons (Fsp3) is 0.385. The Morgan fingerprint density at radius 3 is 2.05 bits per heavy atom. The third kappa shape index (κ3) is 5.85. The van der Waals surface area contributed by atoms with Gasteiger partial charge in [0.2, 0.25) is 5.91 Å². The summed E-state index contributed by atoms with van der Waals surface area (Å²) in [4.78, 5) is 22.7. The van der Waals surface area contributed by atoms with Gasteiger partial charge in [0.1, 0.15) is 6.16 Å². The van der Waals surface area contributed by atoms with Crippen molar-refractivity contribution in [2.24, 2.45) is 0 Å². The summed E-state index contributed by atoms with van der Waals surface area (Å²) in [5.74, 6) is -0.593. The molecule has 0 aromatic heterocycles. The molecular formula is C13H19N2O6P. The van der Waals surface area contributed by atoms with Crippen LogP contribution in [0.3, 0.4) is 0 Å². The van der Waals surface area contributed by atoms with Crippen LogP contribution in [-0.2, 0) is 18.4 Å². The van der Waals surface area contributed by atoms with Crippen LogP contribution < -0.4 is 10.6 Å². The average molecular weight is 330 g/mol. The molecule has 0 unspecified atom stereocenters. The molecule has 0 saturated carbocycles. The first-order valence-electron chi connectivity index (χ1n) is 6.67.